The van der Waals surface area contributed by atoms with Crippen LogP contribution in [0.1, 0.15) is 33.1 Å². The van der Waals surface area contributed by atoms with E-state index in [4.69, 9.17) is 10.8 Å². The highest BCUT2D eigenvalue weighted by Gasteiger charge is 2.39. The molecule has 0 spiro atoms. The number of amides is 3. The zero-order valence-electron chi connectivity index (χ0n) is 16.1. The first-order valence-corrected chi connectivity index (χ1v) is 9.29. The molecule has 0 aromatic carbocycles. The van der Waals surface area contributed by atoms with Crippen molar-refractivity contribution in [2.75, 3.05) is 19.8 Å². The van der Waals surface area contributed by atoms with E-state index in [2.05, 4.69) is 10.6 Å². The van der Waals surface area contributed by atoms with Crippen LogP contribution < -0.4 is 16.4 Å². The third kappa shape index (κ3) is 5.88. The van der Waals surface area contributed by atoms with E-state index < -0.39 is 61.1 Å². The van der Waals surface area contributed by atoms with Crippen molar-refractivity contribution in [3.8, 4) is 0 Å². The van der Waals surface area contributed by atoms with E-state index in [1.54, 1.807) is 6.92 Å². The number of hydrogen-bond acceptors (Lipinski definition) is 7. The zero-order valence-corrected chi connectivity index (χ0v) is 16.1. The highest BCUT2D eigenvalue weighted by molar-refractivity contribution is 5.94. The molecule has 160 valence electrons. The van der Waals surface area contributed by atoms with Crippen molar-refractivity contribution in [2.45, 2.75) is 57.3 Å². The monoisotopic (exact) mass is 402 g/mol. The number of carboxylic acid groups (broad SMARTS) is 1. The van der Waals surface area contributed by atoms with Crippen LogP contribution in [0.2, 0.25) is 0 Å². The van der Waals surface area contributed by atoms with E-state index in [0.29, 0.717) is 19.3 Å². The van der Waals surface area contributed by atoms with E-state index in [0.717, 1.165) is 0 Å². The molecule has 28 heavy (non-hydrogen) atoms. The number of aliphatic carboxylic acids is 1. The molecule has 0 aromatic rings. The first-order chi connectivity index (χ1) is 13.2. The lowest BCUT2D eigenvalue weighted by Crippen LogP contribution is -2.58. The summed E-state index contributed by atoms with van der Waals surface area (Å²) in [6, 6.07) is -4.53. The number of nitrogens with one attached hydrogen (secondary N) is 2. The van der Waals surface area contributed by atoms with Crippen molar-refractivity contribution in [3.05, 3.63) is 0 Å². The van der Waals surface area contributed by atoms with Crippen LogP contribution in [0.25, 0.3) is 0 Å². The van der Waals surface area contributed by atoms with Crippen molar-refractivity contribution in [1.82, 2.24) is 15.5 Å². The van der Waals surface area contributed by atoms with Gasteiger partial charge in [0.1, 0.15) is 24.2 Å². The Morgan fingerprint density at radius 1 is 1.18 bits per heavy atom. The molecule has 3 amide bonds. The fourth-order valence-corrected chi connectivity index (χ4v) is 2.98. The van der Waals surface area contributed by atoms with Gasteiger partial charge in [0.05, 0.1) is 13.2 Å². The quantitative estimate of drug-likeness (QED) is 0.230. The van der Waals surface area contributed by atoms with Crippen molar-refractivity contribution in [3.63, 3.8) is 0 Å². The number of carbonyl (C=O) groups excluding carboxylic acids is 3. The van der Waals surface area contributed by atoms with E-state index >= 15 is 0 Å². The Morgan fingerprint density at radius 2 is 1.82 bits per heavy atom. The SMILES string of the molecule is CCC(C)C(NC(=O)C1CCCN1C(=O)C(CO)NC(=O)C(N)CO)C(=O)O. The molecule has 0 saturated carbocycles. The highest BCUT2D eigenvalue weighted by Crippen LogP contribution is 2.19. The maximum Gasteiger partial charge on any atom is 0.326 e. The molecule has 11 heteroatoms. The molecule has 0 aromatic heterocycles. The average molecular weight is 402 g/mol. The summed E-state index contributed by atoms with van der Waals surface area (Å²) in [6.45, 7) is 2.41. The van der Waals surface area contributed by atoms with Gasteiger partial charge < -0.3 is 36.6 Å². The fraction of sp³-hybridized carbons (Fsp3) is 0.765. The molecule has 1 aliphatic heterocycles. The second-order valence-corrected chi connectivity index (χ2v) is 6.93. The van der Waals surface area contributed by atoms with Gasteiger partial charge in [-0.2, -0.15) is 0 Å². The van der Waals surface area contributed by atoms with Crippen LogP contribution in [0.5, 0.6) is 0 Å². The minimum atomic E-state index is -1.32. The molecule has 1 aliphatic rings. The predicted molar refractivity (Wildman–Crippen MR) is 97.8 cm³/mol. The molecule has 5 atom stereocenters. The molecule has 1 heterocycles. The average Bonchev–Trinajstić information content (AvgIpc) is 3.17. The van der Waals surface area contributed by atoms with Crippen LogP contribution in [0.15, 0.2) is 0 Å². The third-order valence-electron chi connectivity index (χ3n) is 4.95. The summed E-state index contributed by atoms with van der Waals surface area (Å²) >= 11 is 0. The summed E-state index contributed by atoms with van der Waals surface area (Å²) in [6.07, 6.45) is 1.41. The first-order valence-electron chi connectivity index (χ1n) is 9.29. The van der Waals surface area contributed by atoms with Crippen LogP contribution in [0.4, 0.5) is 0 Å². The molecule has 0 aliphatic carbocycles. The Bertz CT molecular complexity index is 586. The largest absolute Gasteiger partial charge is 0.480 e. The zero-order chi connectivity index (χ0) is 21.4. The van der Waals surface area contributed by atoms with Crippen molar-refractivity contribution >= 4 is 23.7 Å². The van der Waals surface area contributed by atoms with Gasteiger partial charge in [-0.25, -0.2) is 4.79 Å². The first kappa shape index (κ1) is 23.8. The van der Waals surface area contributed by atoms with Crippen LogP contribution in [0.3, 0.4) is 0 Å². The lowest BCUT2D eigenvalue weighted by Gasteiger charge is -2.30. The van der Waals surface area contributed by atoms with Gasteiger partial charge in [0.15, 0.2) is 0 Å². The van der Waals surface area contributed by atoms with Gasteiger partial charge in [0, 0.05) is 6.54 Å². The van der Waals surface area contributed by atoms with Gasteiger partial charge in [-0.1, -0.05) is 20.3 Å². The second kappa shape index (κ2) is 10.9. The number of aliphatic hydroxyl groups is 2. The van der Waals surface area contributed by atoms with Gasteiger partial charge in [-0.15, -0.1) is 0 Å². The van der Waals surface area contributed by atoms with Gasteiger partial charge in [0.2, 0.25) is 17.7 Å². The van der Waals surface area contributed by atoms with Crippen LogP contribution >= 0.6 is 0 Å². The van der Waals surface area contributed by atoms with E-state index in [1.807, 2.05) is 6.92 Å². The molecular weight excluding hydrogens is 372 g/mol. The topological polar surface area (TPSA) is 182 Å². The van der Waals surface area contributed by atoms with E-state index in [9.17, 15) is 29.4 Å². The summed E-state index contributed by atoms with van der Waals surface area (Å²) in [5, 5.41) is 32.4. The maximum atomic E-state index is 12.7. The van der Waals surface area contributed by atoms with Crippen molar-refractivity contribution in [2.24, 2.45) is 11.7 Å². The molecule has 0 radical (unpaired) electrons. The van der Waals surface area contributed by atoms with Crippen LogP contribution in [0, 0.1) is 5.92 Å². The molecule has 1 saturated heterocycles. The molecule has 0 bridgehead atoms. The van der Waals surface area contributed by atoms with Crippen LogP contribution in [-0.4, -0.2) is 87.8 Å². The molecule has 7 N–H and O–H groups in total. The van der Waals surface area contributed by atoms with E-state index in [1.165, 1.54) is 4.90 Å². The number of likely N-dealkylation sites (tertiary alicyclic amines) is 1. The van der Waals surface area contributed by atoms with Crippen LogP contribution in [-0.2, 0) is 19.2 Å². The Labute approximate surface area is 163 Å². The summed E-state index contributed by atoms with van der Waals surface area (Å²) in [7, 11) is 0. The van der Waals surface area contributed by atoms with Gasteiger partial charge in [-0.05, 0) is 18.8 Å². The Morgan fingerprint density at radius 3 is 2.32 bits per heavy atom. The number of carbonyl (C=O) groups is 4. The fourth-order valence-electron chi connectivity index (χ4n) is 2.98. The molecule has 1 rings (SSSR count). The standard InChI is InChI=1S/C17H30N4O7/c1-3-9(2)13(17(27)28)20-15(25)12-5-4-6-21(12)16(26)11(8-23)19-14(24)10(18)7-22/h9-13,22-23H,3-8,18H2,1-2H3,(H,19,24)(H,20,25)(H,27,28). The summed E-state index contributed by atoms with van der Waals surface area (Å²) in [5.41, 5.74) is 5.38. The normalized spacial score (nSPS) is 20.8. The van der Waals surface area contributed by atoms with E-state index in [-0.39, 0.29) is 12.5 Å². The number of nitrogens with zero attached hydrogens (tertiary/aromatic N) is 1. The third-order valence-corrected chi connectivity index (χ3v) is 4.95. The number of hydrogen-bond donors (Lipinski definition) is 6. The predicted octanol–water partition coefficient (Wildman–Crippen LogP) is -2.61. The lowest BCUT2D eigenvalue weighted by atomic mass is 9.98. The van der Waals surface area contributed by atoms with Gasteiger partial charge >= 0.3 is 5.97 Å². The smallest absolute Gasteiger partial charge is 0.326 e. The molecule has 11 nitrogen and oxygen atoms in total. The Hall–Kier alpha value is -2.24. The summed E-state index contributed by atoms with van der Waals surface area (Å²) in [4.78, 5) is 49.7. The summed E-state index contributed by atoms with van der Waals surface area (Å²) < 4.78 is 0. The Kier molecular flexibility index (Phi) is 9.29. The Balaban J connectivity index is 2.86. The number of aliphatic hydroxyl groups excluding tert-OH is 2. The number of carboxylic acids is 1. The summed E-state index contributed by atoms with van der Waals surface area (Å²) in [5.74, 6) is -3.52. The second-order valence-electron chi connectivity index (χ2n) is 6.93. The molecule has 1 fully saturated rings. The lowest BCUT2D eigenvalue weighted by molar-refractivity contribution is -0.146. The number of rotatable bonds is 10. The van der Waals surface area contributed by atoms with Gasteiger partial charge in [-0.3, -0.25) is 14.4 Å². The molecule has 5 unspecified atom stereocenters. The highest BCUT2D eigenvalue weighted by atomic mass is 16.4. The van der Waals surface area contributed by atoms with Crippen molar-refractivity contribution < 1.29 is 34.5 Å². The van der Waals surface area contributed by atoms with Gasteiger partial charge in [0.25, 0.3) is 0 Å². The minimum absolute atomic E-state index is 0.233. The molecular formula is C17H30N4O7. The van der Waals surface area contributed by atoms with Crippen molar-refractivity contribution in [1.29, 1.82) is 0 Å². The number of nitrogens with two attached hydrogens (primary N) is 1. The maximum absolute atomic E-state index is 12.7. The minimum Gasteiger partial charge on any atom is -0.480 e.